The van der Waals surface area contributed by atoms with Gasteiger partial charge in [-0.05, 0) is 31.0 Å². The fraction of sp³-hybridized carbons (Fsp3) is 0.600. The highest BCUT2D eigenvalue weighted by atomic mass is 32.2. The van der Waals surface area contributed by atoms with Crippen molar-refractivity contribution in [3.8, 4) is 0 Å². The van der Waals surface area contributed by atoms with Gasteiger partial charge in [0, 0.05) is 19.8 Å². The van der Waals surface area contributed by atoms with Gasteiger partial charge >= 0.3 is 0 Å². The van der Waals surface area contributed by atoms with Crippen molar-refractivity contribution < 1.29 is 13.2 Å². The number of methoxy groups -OCH3 is 1. The first-order valence-electron chi connectivity index (χ1n) is 6.98. The van der Waals surface area contributed by atoms with E-state index in [4.69, 9.17) is 4.74 Å². The molecule has 0 heterocycles. The molecule has 4 nitrogen and oxygen atoms in total. The number of sulfone groups is 1. The van der Waals surface area contributed by atoms with Crippen LogP contribution in [0.15, 0.2) is 24.3 Å². The minimum Gasteiger partial charge on any atom is -0.385 e. The fourth-order valence-electron chi connectivity index (χ4n) is 2.09. The minimum absolute atomic E-state index is 0.124. The predicted octanol–water partition coefficient (Wildman–Crippen LogP) is 1.96. The molecule has 114 valence electrons. The molecule has 1 rings (SSSR count). The van der Waals surface area contributed by atoms with Gasteiger partial charge in [-0.25, -0.2) is 8.42 Å². The average molecular weight is 299 g/mol. The SMILES string of the molecule is CCc1ccc(C(CS(=O)(=O)CCCOC)NC)cc1. The topological polar surface area (TPSA) is 55.4 Å². The van der Waals surface area contributed by atoms with Crippen molar-refractivity contribution >= 4 is 9.84 Å². The number of benzene rings is 1. The Bertz CT molecular complexity index is 482. The zero-order valence-electron chi connectivity index (χ0n) is 12.6. The Kier molecular flexibility index (Phi) is 7.19. The van der Waals surface area contributed by atoms with Crippen LogP contribution >= 0.6 is 0 Å². The lowest BCUT2D eigenvalue weighted by molar-refractivity contribution is 0.199. The maximum Gasteiger partial charge on any atom is 0.152 e. The van der Waals surface area contributed by atoms with E-state index in [1.807, 2.05) is 12.1 Å². The Hall–Kier alpha value is -0.910. The molecule has 1 unspecified atom stereocenters. The first kappa shape index (κ1) is 17.1. The summed E-state index contributed by atoms with van der Waals surface area (Å²) in [5.74, 6) is 0.296. The number of rotatable bonds is 9. The predicted molar refractivity (Wildman–Crippen MR) is 82.8 cm³/mol. The van der Waals surface area contributed by atoms with Crippen LogP contribution in [0.2, 0.25) is 0 Å². The molecule has 0 aliphatic heterocycles. The third-order valence-electron chi connectivity index (χ3n) is 3.36. The van der Waals surface area contributed by atoms with E-state index in [2.05, 4.69) is 24.4 Å². The van der Waals surface area contributed by atoms with Crippen molar-refractivity contribution in [2.45, 2.75) is 25.8 Å². The van der Waals surface area contributed by atoms with Gasteiger partial charge in [-0.2, -0.15) is 0 Å². The quantitative estimate of drug-likeness (QED) is 0.708. The van der Waals surface area contributed by atoms with E-state index in [-0.39, 0.29) is 17.5 Å². The number of aryl methyl sites for hydroxylation is 1. The molecule has 1 atom stereocenters. The molecule has 0 amide bonds. The summed E-state index contributed by atoms with van der Waals surface area (Å²) in [6, 6.07) is 7.96. The Balaban J connectivity index is 2.70. The van der Waals surface area contributed by atoms with Crippen molar-refractivity contribution in [2.24, 2.45) is 0 Å². The third kappa shape index (κ3) is 5.61. The van der Waals surface area contributed by atoms with Crippen LogP contribution in [-0.4, -0.2) is 40.7 Å². The second-order valence-corrected chi connectivity index (χ2v) is 7.13. The molecule has 0 spiro atoms. The van der Waals surface area contributed by atoms with Crippen molar-refractivity contribution in [1.29, 1.82) is 0 Å². The maximum atomic E-state index is 12.1. The van der Waals surface area contributed by atoms with E-state index < -0.39 is 9.84 Å². The molecule has 1 N–H and O–H groups in total. The van der Waals surface area contributed by atoms with Gasteiger partial charge in [0.2, 0.25) is 0 Å². The van der Waals surface area contributed by atoms with Crippen LogP contribution in [0.4, 0.5) is 0 Å². The van der Waals surface area contributed by atoms with E-state index in [0.717, 1.165) is 12.0 Å². The Morgan fingerprint density at radius 2 is 1.90 bits per heavy atom. The third-order valence-corrected chi connectivity index (χ3v) is 5.12. The van der Waals surface area contributed by atoms with Crippen molar-refractivity contribution in [2.75, 3.05) is 32.3 Å². The van der Waals surface area contributed by atoms with Crippen LogP contribution in [0.1, 0.15) is 30.5 Å². The Morgan fingerprint density at radius 1 is 1.25 bits per heavy atom. The summed E-state index contributed by atoms with van der Waals surface area (Å²) < 4.78 is 29.0. The summed E-state index contributed by atoms with van der Waals surface area (Å²) >= 11 is 0. The zero-order chi connectivity index (χ0) is 15.0. The van der Waals surface area contributed by atoms with Gasteiger partial charge in [0.25, 0.3) is 0 Å². The van der Waals surface area contributed by atoms with Crippen molar-refractivity contribution in [3.63, 3.8) is 0 Å². The number of ether oxygens (including phenoxy) is 1. The highest BCUT2D eigenvalue weighted by molar-refractivity contribution is 7.91. The monoisotopic (exact) mass is 299 g/mol. The molecule has 0 aromatic heterocycles. The normalized spacial score (nSPS) is 13.3. The van der Waals surface area contributed by atoms with Crippen LogP contribution in [0.5, 0.6) is 0 Å². The molecule has 0 saturated carbocycles. The van der Waals surface area contributed by atoms with E-state index >= 15 is 0 Å². The second-order valence-electron chi connectivity index (χ2n) is 4.90. The molecule has 0 bridgehead atoms. The number of hydrogen-bond donors (Lipinski definition) is 1. The van der Waals surface area contributed by atoms with Crippen LogP contribution in [-0.2, 0) is 21.0 Å². The minimum atomic E-state index is -3.07. The summed E-state index contributed by atoms with van der Waals surface area (Å²) in [5.41, 5.74) is 2.27. The lowest BCUT2D eigenvalue weighted by atomic mass is 10.1. The number of nitrogens with one attached hydrogen (secondary N) is 1. The first-order chi connectivity index (χ1) is 9.52. The van der Waals surface area contributed by atoms with Crippen LogP contribution in [0.3, 0.4) is 0 Å². The Morgan fingerprint density at radius 3 is 2.40 bits per heavy atom. The summed E-state index contributed by atoms with van der Waals surface area (Å²) in [6.45, 7) is 2.58. The van der Waals surface area contributed by atoms with Crippen LogP contribution in [0.25, 0.3) is 0 Å². The Labute approximate surface area is 122 Å². The fourth-order valence-corrected chi connectivity index (χ4v) is 3.68. The van der Waals surface area contributed by atoms with Crippen LogP contribution in [0, 0.1) is 0 Å². The molecule has 20 heavy (non-hydrogen) atoms. The van der Waals surface area contributed by atoms with Gasteiger partial charge in [0.05, 0.1) is 11.5 Å². The summed E-state index contributed by atoms with van der Waals surface area (Å²) in [6.07, 6.45) is 1.53. The summed E-state index contributed by atoms with van der Waals surface area (Å²) in [7, 11) is 0.305. The summed E-state index contributed by atoms with van der Waals surface area (Å²) in [4.78, 5) is 0. The lowest BCUT2D eigenvalue weighted by Gasteiger charge is -2.17. The second kappa shape index (κ2) is 8.39. The highest BCUT2D eigenvalue weighted by Crippen LogP contribution is 2.17. The lowest BCUT2D eigenvalue weighted by Crippen LogP contribution is -2.27. The van der Waals surface area contributed by atoms with E-state index in [1.165, 1.54) is 5.56 Å². The molecule has 0 aliphatic carbocycles. The smallest absolute Gasteiger partial charge is 0.152 e. The molecule has 0 aliphatic rings. The van der Waals surface area contributed by atoms with Gasteiger partial charge in [-0.3, -0.25) is 0 Å². The first-order valence-corrected chi connectivity index (χ1v) is 8.80. The van der Waals surface area contributed by atoms with Gasteiger partial charge in [-0.15, -0.1) is 0 Å². The van der Waals surface area contributed by atoms with E-state index in [0.29, 0.717) is 13.0 Å². The standard InChI is InChI=1S/C15H25NO3S/c1-4-13-6-8-14(9-7-13)15(16-2)12-20(17,18)11-5-10-19-3/h6-9,15-16H,4-5,10-12H2,1-3H3. The van der Waals surface area contributed by atoms with Crippen molar-refractivity contribution in [1.82, 2.24) is 5.32 Å². The molecule has 0 fully saturated rings. The highest BCUT2D eigenvalue weighted by Gasteiger charge is 2.19. The van der Waals surface area contributed by atoms with Crippen LogP contribution < -0.4 is 5.32 Å². The maximum absolute atomic E-state index is 12.1. The largest absolute Gasteiger partial charge is 0.385 e. The van der Waals surface area contributed by atoms with Gasteiger partial charge in [0.15, 0.2) is 9.84 Å². The summed E-state index contributed by atoms with van der Waals surface area (Å²) in [5, 5.41) is 3.09. The van der Waals surface area contributed by atoms with Gasteiger partial charge < -0.3 is 10.1 Å². The zero-order valence-corrected chi connectivity index (χ0v) is 13.4. The van der Waals surface area contributed by atoms with Crippen molar-refractivity contribution in [3.05, 3.63) is 35.4 Å². The van der Waals surface area contributed by atoms with E-state index in [1.54, 1.807) is 14.2 Å². The van der Waals surface area contributed by atoms with E-state index in [9.17, 15) is 8.42 Å². The van der Waals surface area contributed by atoms with Gasteiger partial charge in [0.1, 0.15) is 0 Å². The molecule has 0 saturated heterocycles. The van der Waals surface area contributed by atoms with Gasteiger partial charge in [-0.1, -0.05) is 31.2 Å². The number of hydrogen-bond acceptors (Lipinski definition) is 4. The molecular weight excluding hydrogens is 274 g/mol. The average Bonchev–Trinajstić information content (AvgIpc) is 2.45. The molecular formula is C15H25NO3S. The molecule has 5 heteroatoms. The molecule has 1 aromatic rings. The molecule has 0 radical (unpaired) electrons. The molecule has 1 aromatic carbocycles.